The van der Waals surface area contributed by atoms with Crippen molar-refractivity contribution in [1.29, 1.82) is 0 Å². The zero-order chi connectivity index (χ0) is 13.4. The molecule has 0 saturated carbocycles. The Labute approximate surface area is 116 Å². The summed E-state index contributed by atoms with van der Waals surface area (Å²) >= 11 is 3.28. The highest BCUT2D eigenvalue weighted by atomic mass is 32.2. The fourth-order valence-electron chi connectivity index (χ4n) is 1.51. The van der Waals surface area contributed by atoms with Crippen molar-refractivity contribution in [2.24, 2.45) is 0 Å². The first-order valence-corrected chi connectivity index (χ1v) is 8.26. The number of thiazole rings is 1. The molecule has 2 N–H and O–H groups in total. The van der Waals surface area contributed by atoms with E-state index in [0.29, 0.717) is 13.0 Å². The Morgan fingerprint density at radius 2 is 2.44 bits per heavy atom. The fourth-order valence-corrected chi connectivity index (χ4v) is 2.79. The molecular weight excluding hydrogens is 268 g/mol. The molecule has 0 aliphatic rings. The molecule has 1 unspecified atom stereocenters. The van der Waals surface area contributed by atoms with Crippen LogP contribution in [0.5, 0.6) is 0 Å². The minimum absolute atomic E-state index is 0.259. The van der Waals surface area contributed by atoms with E-state index in [2.05, 4.69) is 10.3 Å². The van der Waals surface area contributed by atoms with Crippen LogP contribution in [0.1, 0.15) is 23.4 Å². The van der Waals surface area contributed by atoms with Crippen LogP contribution in [0.25, 0.3) is 0 Å². The molecule has 0 saturated heterocycles. The molecule has 0 aromatic carbocycles. The van der Waals surface area contributed by atoms with Gasteiger partial charge in [-0.25, -0.2) is 4.98 Å². The zero-order valence-corrected chi connectivity index (χ0v) is 12.4. The topological polar surface area (TPSA) is 62.2 Å². The lowest BCUT2D eigenvalue weighted by Crippen LogP contribution is -2.35. The fraction of sp³-hybridized carbons (Fsp3) is 0.667. The van der Waals surface area contributed by atoms with Crippen LogP contribution in [0.2, 0.25) is 0 Å². The SMILES string of the molecule is CSCCC(O)C(=O)NCCCc1scnc1C. The standard InChI is InChI=1S/C12H20N2O2S2/c1-9-11(18-8-14-9)4-3-6-13-12(16)10(15)5-7-17-2/h8,10,15H,3-7H2,1-2H3,(H,13,16). The number of carbonyl (C=O) groups is 1. The minimum atomic E-state index is -0.873. The highest BCUT2D eigenvalue weighted by Gasteiger charge is 2.13. The van der Waals surface area contributed by atoms with Crippen LogP contribution in [0.15, 0.2) is 5.51 Å². The molecule has 18 heavy (non-hydrogen) atoms. The Hall–Kier alpha value is -0.590. The molecule has 4 nitrogen and oxygen atoms in total. The van der Waals surface area contributed by atoms with Gasteiger partial charge in [0.2, 0.25) is 5.91 Å². The van der Waals surface area contributed by atoms with Crippen LogP contribution in [-0.4, -0.2) is 40.7 Å². The number of carbonyl (C=O) groups excluding carboxylic acids is 1. The summed E-state index contributed by atoms with van der Waals surface area (Å²) < 4.78 is 0. The van der Waals surface area contributed by atoms with E-state index in [1.807, 2.05) is 18.7 Å². The lowest BCUT2D eigenvalue weighted by atomic mass is 10.2. The molecule has 0 aliphatic carbocycles. The molecule has 1 aromatic rings. The molecule has 0 radical (unpaired) electrons. The second kappa shape index (κ2) is 8.50. The van der Waals surface area contributed by atoms with E-state index in [-0.39, 0.29) is 5.91 Å². The third-order valence-electron chi connectivity index (χ3n) is 2.62. The summed E-state index contributed by atoms with van der Waals surface area (Å²) in [7, 11) is 0. The highest BCUT2D eigenvalue weighted by Crippen LogP contribution is 2.13. The summed E-state index contributed by atoms with van der Waals surface area (Å²) in [5, 5.41) is 12.3. The van der Waals surface area contributed by atoms with Crippen molar-refractivity contribution in [1.82, 2.24) is 10.3 Å². The first-order valence-electron chi connectivity index (χ1n) is 5.98. The van der Waals surface area contributed by atoms with Crippen molar-refractivity contribution in [3.8, 4) is 0 Å². The van der Waals surface area contributed by atoms with Gasteiger partial charge in [-0.15, -0.1) is 11.3 Å². The summed E-state index contributed by atoms with van der Waals surface area (Å²) in [6.45, 7) is 2.60. The number of hydrogen-bond acceptors (Lipinski definition) is 5. The zero-order valence-electron chi connectivity index (χ0n) is 10.8. The molecule has 0 spiro atoms. The van der Waals surface area contributed by atoms with Gasteiger partial charge in [0, 0.05) is 11.4 Å². The predicted octanol–water partition coefficient (Wildman–Crippen LogP) is 1.61. The van der Waals surface area contributed by atoms with Crippen molar-refractivity contribution in [2.45, 2.75) is 32.3 Å². The summed E-state index contributed by atoms with van der Waals surface area (Å²) in [4.78, 5) is 16.9. The number of rotatable bonds is 8. The van der Waals surface area contributed by atoms with Crippen LogP contribution in [0.3, 0.4) is 0 Å². The normalized spacial score (nSPS) is 12.4. The van der Waals surface area contributed by atoms with Gasteiger partial charge in [0.05, 0.1) is 11.2 Å². The highest BCUT2D eigenvalue weighted by molar-refractivity contribution is 7.98. The number of aliphatic hydroxyl groups is 1. The van der Waals surface area contributed by atoms with Crippen LogP contribution < -0.4 is 5.32 Å². The van der Waals surface area contributed by atoms with Gasteiger partial charge in [0.1, 0.15) is 6.10 Å². The number of hydrogen-bond donors (Lipinski definition) is 2. The second-order valence-electron chi connectivity index (χ2n) is 4.05. The van der Waals surface area contributed by atoms with E-state index < -0.39 is 6.10 Å². The number of aryl methyl sites for hydroxylation is 2. The van der Waals surface area contributed by atoms with E-state index in [1.54, 1.807) is 23.1 Å². The molecule has 1 atom stereocenters. The molecule has 1 aromatic heterocycles. The molecule has 1 amide bonds. The van der Waals surface area contributed by atoms with Gasteiger partial charge < -0.3 is 10.4 Å². The third kappa shape index (κ3) is 5.37. The molecular formula is C12H20N2O2S2. The summed E-state index contributed by atoms with van der Waals surface area (Å²) in [5.74, 6) is 0.541. The van der Waals surface area contributed by atoms with Gasteiger partial charge >= 0.3 is 0 Å². The van der Waals surface area contributed by atoms with Crippen LogP contribution in [-0.2, 0) is 11.2 Å². The maximum absolute atomic E-state index is 11.5. The van der Waals surface area contributed by atoms with Crippen molar-refractivity contribution in [2.75, 3.05) is 18.6 Å². The van der Waals surface area contributed by atoms with Gasteiger partial charge in [-0.2, -0.15) is 11.8 Å². The molecule has 1 rings (SSSR count). The van der Waals surface area contributed by atoms with E-state index in [9.17, 15) is 9.90 Å². The molecule has 0 aliphatic heterocycles. The molecule has 1 heterocycles. The van der Waals surface area contributed by atoms with Crippen molar-refractivity contribution < 1.29 is 9.90 Å². The molecule has 0 bridgehead atoms. The van der Waals surface area contributed by atoms with Gasteiger partial charge in [0.15, 0.2) is 0 Å². The molecule has 6 heteroatoms. The minimum Gasteiger partial charge on any atom is -0.383 e. The summed E-state index contributed by atoms with van der Waals surface area (Å²) in [6.07, 6.45) is 3.41. The van der Waals surface area contributed by atoms with E-state index >= 15 is 0 Å². The largest absolute Gasteiger partial charge is 0.383 e. The average Bonchev–Trinajstić information content (AvgIpc) is 2.77. The Morgan fingerprint density at radius 1 is 1.67 bits per heavy atom. The quantitative estimate of drug-likeness (QED) is 0.714. The first kappa shape index (κ1) is 15.5. The molecule has 102 valence electrons. The summed E-state index contributed by atoms with van der Waals surface area (Å²) in [5.41, 5.74) is 2.92. The Balaban J connectivity index is 2.14. The van der Waals surface area contributed by atoms with Gasteiger partial charge in [-0.3, -0.25) is 4.79 Å². The second-order valence-corrected chi connectivity index (χ2v) is 5.98. The smallest absolute Gasteiger partial charge is 0.248 e. The van der Waals surface area contributed by atoms with Gasteiger partial charge in [0.25, 0.3) is 0 Å². The third-order valence-corrected chi connectivity index (χ3v) is 4.26. The van der Waals surface area contributed by atoms with Crippen LogP contribution in [0.4, 0.5) is 0 Å². The lowest BCUT2D eigenvalue weighted by Gasteiger charge is -2.10. The Kier molecular flexibility index (Phi) is 7.31. The predicted molar refractivity (Wildman–Crippen MR) is 77.2 cm³/mol. The number of thioether (sulfide) groups is 1. The number of amides is 1. The molecule has 0 fully saturated rings. The summed E-state index contributed by atoms with van der Waals surface area (Å²) in [6, 6.07) is 0. The maximum atomic E-state index is 11.5. The number of aliphatic hydroxyl groups excluding tert-OH is 1. The number of nitrogens with zero attached hydrogens (tertiary/aromatic N) is 1. The van der Waals surface area contributed by atoms with Crippen molar-refractivity contribution in [3.05, 3.63) is 16.1 Å². The van der Waals surface area contributed by atoms with Gasteiger partial charge in [-0.1, -0.05) is 0 Å². The Bertz CT molecular complexity index is 369. The monoisotopic (exact) mass is 288 g/mol. The number of nitrogens with one attached hydrogen (secondary N) is 1. The van der Waals surface area contributed by atoms with E-state index in [1.165, 1.54) is 4.88 Å². The lowest BCUT2D eigenvalue weighted by molar-refractivity contribution is -0.129. The van der Waals surface area contributed by atoms with E-state index in [0.717, 1.165) is 24.3 Å². The Morgan fingerprint density at radius 3 is 3.06 bits per heavy atom. The van der Waals surface area contributed by atoms with Crippen molar-refractivity contribution in [3.63, 3.8) is 0 Å². The van der Waals surface area contributed by atoms with Crippen LogP contribution in [0, 0.1) is 6.92 Å². The van der Waals surface area contributed by atoms with Crippen molar-refractivity contribution >= 4 is 29.0 Å². The van der Waals surface area contributed by atoms with E-state index in [4.69, 9.17) is 0 Å². The van der Waals surface area contributed by atoms with Crippen LogP contribution >= 0.6 is 23.1 Å². The first-order chi connectivity index (χ1) is 8.65. The number of aromatic nitrogens is 1. The maximum Gasteiger partial charge on any atom is 0.248 e. The average molecular weight is 288 g/mol. The van der Waals surface area contributed by atoms with Gasteiger partial charge in [-0.05, 0) is 38.2 Å².